The van der Waals surface area contributed by atoms with Gasteiger partial charge in [-0.2, -0.15) is 0 Å². The fourth-order valence-electron chi connectivity index (χ4n) is 5.00. The van der Waals surface area contributed by atoms with Crippen LogP contribution in [0.4, 0.5) is 5.69 Å². The number of para-hydroxylation sites is 1. The zero-order valence-corrected chi connectivity index (χ0v) is 17.6. The molecule has 3 aromatic rings. The number of benzene rings is 2. The number of hydrogen-bond donors (Lipinski definition) is 1. The highest BCUT2D eigenvalue weighted by atomic mass is 16.1. The van der Waals surface area contributed by atoms with Crippen LogP contribution >= 0.6 is 0 Å². The summed E-state index contributed by atoms with van der Waals surface area (Å²) < 4.78 is 0. The van der Waals surface area contributed by atoms with E-state index in [9.17, 15) is 4.79 Å². The van der Waals surface area contributed by atoms with Crippen molar-refractivity contribution in [3.05, 3.63) is 71.9 Å². The molecule has 3 heterocycles. The number of aromatic nitrogens is 1. The second-order valence-corrected chi connectivity index (χ2v) is 8.63. The van der Waals surface area contributed by atoms with Gasteiger partial charge < -0.3 is 14.7 Å². The van der Waals surface area contributed by atoms with Gasteiger partial charge in [-0.05, 0) is 72.7 Å². The SMILES string of the molecule is CC(C=O)N1CC(CCN2CC=C(c3ccc4[nH]ccc4c3)CC2)c2ccccc21. The van der Waals surface area contributed by atoms with Gasteiger partial charge in [0.1, 0.15) is 6.29 Å². The second-order valence-electron chi connectivity index (χ2n) is 8.63. The smallest absolute Gasteiger partial charge is 0.142 e. The zero-order chi connectivity index (χ0) is 20.5. The summed E-state index contributed by atoms with van der Waals surface area (Å²) >= 11 is 0. The molecule has 2 aliphatic heterocycles. The summed E-state index contributed by atoms with van der Waals surface area (Å²) in [5.41, 5.74) is 6.66. The Labute approximate surface area is 178 Å². The number of carbonyl (C=O) groups excluding carboxylic acids is 1. The van der Waals surface area contributed by atoms with Crippen molar-refractivity contribution in [3.63, 3.8) is 0 Å². The monoisotopic (exact) mass is 399 g/mol. The third-order valence-electron chi connectivity index (χ3n) is 6.80. The third-order valence-corrected chi connectivity index (χ3v) is 6.80. The van der Waals surface area contributed by atoms with Crippen LogP contribution in [-0.4, -0.2) is 48.4 Å². The maximum absolute atomic E-state index is 11.4. The van der Waals surface area contributed by atoms with Crippen molar-refractivity contribution in [3.8, 4) is 0 Å². The highest BCUT2D eigenvalue weighted by molar-refractivity contribution is 5.84. The van der Waals surface area contributed by atoms with E-state index >= 15 is 0 Å². The summed E-state index contributed by atoms with van der Waals surface area (Å²) in [4.78, 5) is 19.5. The van der Waals surface area contributed by atoms with Gasteiger partial charge in [0.25, 0.3) is 0 Å². The van der Waals surface area contributed by atoms with Gasteiger partial charge in [-0.25, -0.2) is 0 Å². The lowest BCUT2D eigenvalue weighted by atomic mass is 9.96. The number of fused-ring (bicyclic) bond motifs is 2. The molecule has 4 heteroatoms. The summed E-state index contributed by atoms with van der Waals surface area (Å²) in [6.45, 7) is 6.17. The maximum Gasteiger partial charge on any atom is 0.142 e. The van der Waals surface area contributed by atoms with Crippen LogP contribution in [0.25, 0.3) is 16.5 Å². The molecule has 30 heavy (non-hydrogen) atoms. The molecule has 154 valence electrons. The molecule has 0 bridgehead atoms. The molecule has 1 aromatic heterocycles. The fraction of sp³-hybridized carbons (Fsp3) is 0.346. The van der Waals surface area contributed by atoms with E-state index in [1.807, 2.05) is 13.1 Å². The van der Waals surface area contributed by atoms with Crippen molar-refractivity contribution in [1.82, 2.24) is 9.88 Å². The number of anilines is 1. The lowest BCUT2D eigenvalue weighted by Gasteiger charge is -2.28. The van der Waals surface area contributed by atoms with Crippen molar-refractivity contribution in [1.29, 1.82) is 0 Å². The minimum absolute atomic E-state index is 0.0611. The molecule has 0 amide bonds. The molecule has 2 atom stereocenters. The van der Waals surface area contributed by atoms with E-state index < -0.39 is 0 Å². The molecule has 0 spiro atoms. The van der Waals surface area contributed by atoms with Gasteiger partial charge in [-0.3, -0.25) is 4.90 Å². The molecule has 4 nitrogen and oxygen atoms in total. The largest absolute Gasteiger partial charge is 0.361 e. The van der Waals surface area contributed by atoms with E-state index in [0.717, 1.165) is 45.3 Å². The maximum atomic E-state index is 11.4. The topological polar surface area (TPSA) is 39.3 Å². The van der Waals surface area contributed by atoms with Crippen LogP contribution in [-0.2, 0) is 4.79 Å². The van der Waals surface area contributed by atoms with E-state index in [1.165, 1.54) is 33.3 Å². The fourth-order valence-corrected chi connectivity index (χ4v) is 5.00. The summed E-state index contributed by atoms with van der Waals surface area (Å²) in [5, 5.41) is 1.28. The number of aromatic amines is 1. The summed E-state index contributed by atoms with van der Waals surface area (Å²) in [5.74, 6) is 0.505. The molecule has 1 N–H and O–H groups in total. The standard InChI is InChI=1S/C26H29N3O/c1-19(18-30)29-17-23(24-4-2-3-5-26(24)29)11-15-28-13-9-20(10-14-28)21-6-7-25-22(16-21)8-12-27-25/h2-9,12,16,18-19,23,27H,10-11,13-15,17H2,1H3. The highest BCUT2D eigenvalue weighted by Gasteiger charge is 2.31. The average molecular weight is 400 g/mol. The molecule has 0 fully saturated rings. The molecule has 5 rings (SSSR count). The molecule has 0 aliphatic carbocycles. The van der Waals surface area contributed by atoms with E-state index in [-0.39, 0.29) is 6.04 Å². The van der Waals surface area contributed by atoms with Crippen molar-refractivity contribution in [2.45, 2.75) is 31.7 Å². The Morgan fingerprint density at radius 3 is 2.93 bits per heavy atom. The number of hydrogen-bond acceptors (Lipinski definition) is 3. The van der Waals surface area contributed by atoms with Crippen molar-refractivity contribution >= 4 is 28.4 Å². The first-order valence-corrected chi connectivity index (χ1v) is 11.0. The van der Waals surface area contributed by atoms with Gasteiger partial charge in [0.05, 0.1) is 6.04 Å². The molecular weight excluding hydrogens is 370 g/mol. The number of aldehydes is 1. The molecular formula is C26H29N3O. The zero-order valence-electron chi connectivity index (χ0n) is 17.6. The molecule has 2 aromatic carbocycles. The molecule has 0 saturated carbocycles. The van der Waals surface area contributed by atoms with Crippen LogP contribution in [0.1, 0.15) is 36.8 Å². The Hall–Kier alpha value is -2.85. The first-order valence-electron chi connectivity index (χ1n) is 11.0. The minimum Gasteiger partial charge on any atom is -0.361 e. The quantitative estimate of drug-likeness (QED) is 0.603. The predicted octanol–water partition coefficient (Wildman–Crippen LogP) is 4.84. The molecule has 0 radical (unpaired) electrons. The van der Waals surface area contributed by atoms with Crippen LogP contribution in [0, 0.1) is 0 Å². The second kappa shape index (κ2) is 8.11. The van der Waals surface area contributed by atoms with Crippen molar-refractivity contribution < 1.29 is 4.79 Å². The predicted molar refractivity (Wildman–Crippen MR) is 124 cm³/mol. The van der Waals surface area contributed by atoms with E-state index in [1.54, 1.807) is 0 Å². The Bertz CT molecular complexity index is 1080. The summed E-state index contributed by atoms with van der Waals surface area (Å²) in [6.07, 6.45) is 7.70. The lowest BCUT2D eigenvalue weighted by Crippen LogP contribution is -2.34. The highest BCUT2D eigenvalue weighted by Crippen LogP contribution is 2.39. The third kappa shape index (κ3) is 3.56. The van der Waals surface area contributed by atoms with Crippen LogP contribution in [0.3, 0.4) is 0 Å². The van der Waals surface area contributed by atoms with E-state index in [4.69, 9.17) is 0 Å². The van der Waals surface area contributed by atoms with Crippen LogP contribution in [0.15, 0.2) is 60.8 Å². The van der Waals surface area contributed by atoms with E-state index in [2.05, 4.69) is 69.4 Å². The first kappa shape index (κ1) is 19.1. The number of H-pyrrole nitrogens is 1. The summed E-state index contributed by atoms with van der Waals surface area (Å²) in [6, 6.07) is 17.4. The van der Waals surface area contributed by atoms with Gasteiger partial charge in [0.2, 0.25) is 0 Å². The molecule has 0 saturated heterocycles. The first-order chi connectivity index (χ1) is 14.7. The lowest BCUT2D eigenvalue weighted by molar-refractivity contribution is -0.108. The number of rotatable bonds is 6. The normalized spacial score (nSPS) is 20.2. The van der Waals surface area contributed by atoms with Gasteiger partial charge in [-0.1, -0.05) is 30.3 Å². The van der Waals surface area contributed by atoms with Gasteiger partial charge in [0, 0.05) is 43.0 Å². The van der Waals surface area contributed by atoms with Crippen LogP contribution in [0.2, 0.25) is 0 Å². The van der Waals surface area contributed by atoms with Crippen molar-refractivity contribution in [2.75, 3.05) is 31.1 Å². The van der Waals surface area contributed by atoms with E-state index in [0.29, 0.717) is 5.92 Å². The van der Waals surface area contributed by atoms with Gasteiger partial charge in [-0.15, -0.1) is 0 Å². The minimum atomic E-state index is -0.0611. The van der Waals surface area contributed by atoms with Gasteiger partial charge >= 0.3 is 0 Å². The number of nitrogens with zero attached hydrogens (tertiary/aromatic N) is 2. The van der Waals surface area contributed by atoms with Gasteiger partial charge in [0.15, 0.2) is 0 Å². The Morgan fingerprint density at radius 2 is 2.10 bits per heavy atom. The molecule has 2 unspecified atom stereocenters. The average Bonchev–Trinajstić information content (AvgIpc) is 3.42. The van der Waals surface area contributed by atoms with Crippen molar-refractivity contribution in [2.24, 2.45) is 0 Å². The Morgan fingerprint density at radius 1 is 1.20 bits per heavy atom. The molecule has 2 aliphatic rings. The van der Waals surface area contributed by atoms with Crippen LogP contribution < -0.4 is 4.90 Å². The summed E-state index contributed by atoms with van der Waals surface area (Å²) in [7, 11) is 0. The Balaban J connectivity index is 1.22. The Kier molecular flexibility index (Phi) is 5.17. The number of nitrogens with one attached hydrogen (secondary N) is 1. The number of carbonyl (C=O) groups is 1. The van der Waals surface area contributed by atoms with Crippen LogP contribution in [0.5, 0.6) is 0 Å².